The van der Waals surface area contributed by atoms with Crippen molar-refractivity contribution in [3.8, 4) is 23.3 Å². The lowest BCUT2D eigenvalue weighted by atomic mass is 9.91. The second-order valence-electron chi connectivity index (χ2n) is 8.38. The van der Waals surface area contributed by atoms with Crippen molar-refractivity contribution in [1.29, 1.82) is 5.26 Å². The van der Waals surface area contributed by atoms with Crippen LogP contribution in [0.15, 0.2) is 83.3 Å². The van der Waals surface area contributed by atoms with E-state index in [1.165, 1.54) is 0 Å². The largest absolute Gasteiger partial charge is 0.493 e. The normalized spacial score (nSPS) is 11.5. The van der Waals surface area contributed by atoms with Crippen LogP contribution in [0.3, 0.4) is 0 Å². The highest BCUT2D eigenvalue weighted by Crippen LogP contribution is 2.25. The second kappa shape index (κ2) is 11.9. The van der Waals surface area contributed by atoms with Crippen LogP contribution in [-0.2, 0) is 22.4 Å². The number of esters is 1. The van der Waals surface area contributed by atoms with Crippen LogP contribution in [0.5, 0.6) is 5.75 Å². The van der Waals surface area contributed by atoms with E-state index >= 15 is 0 Å². The van der Waals surface area contributed by atoms with Crippen LogP contribution >= 0.6 is 0 Å². The van der Waals surface area contributed by atoms with Gasteiger partial charge in [0.05, 0.1) is 36.5 Å². The molecule has 0 radical (unpaired) electrons. The number of hydrogen-bond acceptors (Lipinski definition) is 6. The van der Waals surface area contributed by atoms with Crippen LogP contribution in [0.1, 0.15) is 41.0 Å². The van der Waals surface area contributed by atoms with Crippen molar-refractivity contribution < 1.29 is 18.7 Å². The lowest BCUT2D eigenvalue weighted by Gasteiger charge is -2.17. The molecule has 4 aromatic rings. The summed E-state index contributed by atoms with van der Waals surface area (Å²) >= 11 is 0. The Hall–Kier alpha value is -4.37. The molecule has 1 unspecified atom stereocenters. The van der Waals surface area contributed by atoms with Crippen molar-refractivity contribution in [3.05, 3.63) is 107 Å². The molecule has 0 fully saturated rings. The van der Waals surface area contributed by atoms with Gasteiger partial charge in [-0.3, -0.25) is 4.79 Å². The molecule has 0 saturated heterocycles. The number of rotatable bonds is 10. The number of nitrogens with zero attached hydrogens (tertiary/aromatic N) is 2. The third-order valence-electron chi connectivity index (χ3n) is 5.87. The molecule has 0 spiro atoms. The van der Waals surface area contributed by atoms with Crippen LogP contribution in [0.4, 0.5) is 0 Å². The summed E-state index contributed by atoms with van der Waals surface area (Å²) in [7, 11) is 0. The van der Waals surface area contributed by atoms with Crippen LogP contribution in [0, 0.1) is 18.3 Å². The first kappa shape index (κ1) is 24.7. The average Bonchev–Trinajstić information content (AvgIpc) is 3.29. The van der Waals surface area contributed by atoms with Gasteiger partial charge in [0.2, 0.25) is 5.89 Å². The van der Waals surface area contributed by atoms with Crippen molar-refractivity contribution in [3.63, 3.8) is 0 Å². The molecule has 0 N–H and O–H groups in total. The second-order valence-corrected chi connectivity index (χ2v) is 8.38. The van der Waals surface area contributed by atoms with E-state index in [4.69, 9.17) is 13.9 Å². The van der Waals surface area contributed by atoms with Gasteiger partial charge in [0.25, 0.3) is 0 Å². The van der Waals surface area contributed by atoms with E-state index in [0.717, 1.165) is 33.9 Å². The average molecular weight is 481 g/mol. The lowest BCUT2D eigenvalue weighted by Crippen LogP contribution is -2.18. The van der Waals surface area contributed by atoms with Gasteiger partial charge in [-0.15, -0.1) is 0 Å². The Balaban J connectivity index is 1.37. The molecule has 0 aliphatic heterocycles. The zero-order valence-electron chi connectivity index (χ0n) is 20.4. The topological polar surface area (TPSA) is 85.3 Å². The van der Waals surface area contributed by atoms with Gasteiger partial charge in [-0.25, -0.2) is 4.98 Å². The van der Waals surface area contributed by atoms with Gasteiger partial charge in [0.1, 0.15) is 11.5 Å². The Bertz CT molecular complexity index is 1340. The van der Waals surface area contributed by atoms with Crippen LogP contribution in [0.2, 0.25) is 0 Å². The van der Waals surface area contributed by atoms with E-state index in [1.54, 1.807) is 25.1 Å². The summed E-state index contributed by atoms with van der Waals surface area (Å²) in [6, 6.07) is 26.8. The third-order valence-corrected chi connectivity index (χ3v) is 5.87. The molecule has 1 heterocycles. The van der Waals surface area contributed by atoms with E-state index in [1.807, 2.05) is 67.6 Å². The maximum Gasteiger partial charge on any atom is 0.313 e. The van der Waals surface area contributed by atoms with Gasteiger partial charge >= 0.3 is 5.97 Å². The van der Waals surface area contributed by atoms with Crippen molar-refractivity contribution in [1.82, 2.24) is 4.98 Å². The first-order valence-electron chi connectivity index (χ1n) is 12.0. The molecule has 1 atom stereocenters. The molecule has 6 heteroatoms. The minimum absolute atomic E-state index is 0.300. The maximum absolute atomic E-state index is 12.7. The fraction of sp³-hybridized carbons (Fsp3) is 0.233. The molecule has 36 heavy (non-hydrogen) atoms. The van der Waals surface area contributed by atoms with Crippen molar-refractivity contribution in [2.45, 2.75) is 32.6 Å². The van der Waals surface area contributed by atoms with Crippen LogP contribution in [0.25, 0.3) is 11.5 Å². The standard InChI is InChI=1S/C30H28N2O4/c1-3-34-30(33)27(25-11-7-8-23(18-25)20-31)19-22-12-14-26(15-13-22)35-17-16-28-21(2)36-29(32-28)24-9-5-4-6-10-24/h4-15,18,27H,3,16-17,19H2,1-2H3. The van der Waals surface area contributed by atoms with Gasteiger partial charge in [0, 0.05) is 12.0 Å². The Kier molecular flexibility index (Phi) is 8.15. The first-order chi connectivity index (χ1) is 17.6. The number of ether oxygens (including phenoxy) is 2. The Morgan fingerprint density at radius 1 is 1.06 bits per heavy atom. The SMILES string of the molecule is CCOC(=O)C(Cc1ccc(OCCc2nc(-c3ccccc3)oc2C)cc1)c1cccc(C#N)c1. The zero-order valence-corrected chi connectivity index (χ0v) is 20.4. The Morgan fingerprint density at radius 2 is 1.83 bits per heavy atom. The molecule has 0 amide bonds. The minimum atomic E-state index is -0.487. The molecule has 4 rings (SSSR count). The molecule has 182 valence electrons. The van der Waals surface area contributed by atoms with E-state index in [9.17, 15) is 10.1 Å². The molecule has 1 aromatic heterocycles. The maximum atomic E-state index is 12.7. The predicted molar refractivity (Wildman–Crippen MR) is 137 cm³/mol. The fourth-order valence-corrected chi connectivity index (χ4v) is 3.99. The number of oxazole rings is 1. The van der Waals surface area contributed by atoms with Gasteiger partial charge < -0.3 is 13.9 Å². The minimum Gasteiger partial charge on any atom is -0.493 e. The van der Waals surface area contributed by atoms with E-state index < -0.39 is 5.92 Å². The Labute approximate surface area is 211 Å². The van der Waals surface area contributed by atoms with Gasteiger partial charge in [-0.2, -0.15) is 5.26 Å². The van der Waals surface area contributed by atoms with Gasteiger partial charge in [-0.1, -0.05) is 42.5 Å². The number of carbonyl (C=O) groups is 1. The fourth-order valence-electron chi connectivity index (χ4n) is 3.99. The summed E-state index contributed by atoms with van der Waals surface area (Å²) < 4.78 is 17.1. The number of aryl methyl sites for hydroxylation is 1. The van der Waals surface area contributed by atoms with Gasteiger partial charge in [0.15, 0.2) is 0 Å². The molecule has 3 aromatic carbocycles. The molecule has 0 aliphatic carbocycles. The molecule has 0 aliphatic rings. The van der Waals surface area contributed by atoms with E-state index in [0.29, 0.717) is 37.5 Å². The molecule has 0 bridgehead atoms. The molecular formula is C30H28N2O4. The predicted octanol–water partition coefficient (Wildman–Crippen LogP) is 6.03. The molecular weight excluding hydrogens is 452 g/mol. The summed E-state index contributed by atoms with van der Waals surface area (Å²) in [6.45, 7) is 4.47. The highest BCUT2D eigenvalue weighted by atomic mass is 16.5. The monoisotopic (exact) mass is 480 g/mol. The summed E-state index contributed by atoms with van der Waals surface area (Å²) in [5, 5.41) is 9.23. The van der Waals surface area contributed by atoms with E-state index in [-0.39, 0.29) is 5.97 Å². The Morgan fingerprint density at radius 3 is 2.56 bits per heavy atom. The lowest BCUT2D eigenvalue weighted by molar-refractivity contribution is -0.144. The first-order valence-corrected chi connectivity index (χ1v) is 12.0. The molecule has 6 nitrogen and oxygen atoms in total. The molecule has 0 saturated carbocycles. The number of aromatic nitrogens is 1. The van der Waals surface area contributed by atoms with Crippen LogP contribution in [-0.4, -0.2) is 24.2 Å². The summed E-state index contributed by atoms with van der Waals surface area (Å²) in [4.78, 5) is 17.3. The van der Waals surface area contributed by atoms with Crippen LogP contribution < -0.4 is 4.74 Å². The summed E-state index contributed by atoms with van der Waals surface area (Å²) in [5.41, 5.74) is 4.09. The quantitative estimate of drug-likeness (QED) is 0.258. The zero-order chi connectivity index (χ0) is 25.3. The number of benzene rings is 3. The number of hydrogen-bond donors (Lipinski definition) is 0. The smallest absolute Gasteiger partial charge is 0.313 e. The van der Waals surface area contributed by atoms with Crippen molar-refractivity contribution >= 4 is 5.97 Å². The number of carbonyl (C=O) groups excluding carboxylic acids is 1. The summed E-state index contributed by atoms with van der Waals surface area (Å²) in [6.07, 6.45) is 1.10. The van der Waals surface area contributed by atoms with Crippen molar-refractivity contribution in [2.75, 3.05) is 13.2 Å². The highest BCUT2D eigenvalue weighted by molar-refractivity contribution is 5.78. The number of nitriles is 1. The third kappa shape index (κ3) is 6.19. The van der Waals surface area contributed by atoms with Crippen molar-refractivity contribution in [2.24, 2.45) is 0 Å². The highest BCUT2D eigenvalue weighted by Gasteiger charge is 2.23. The van der Waals surface area contributed by atoms with Gasteiger partial charge in [-0.05, 0) is 67.8 Å². The van der Waals surface area contributed by atoms with E-state index in [2.05, 4.69) is 11.1 Å². The summed E-state index contributed by atoms with van der Waals surface area (Å²) in [5.74, 6) is 1.36.